The van der Waals surface area contributed by atoms with Crippen molar-refractivity contribution >= 4 is 23.2 Å². The second-order valence-electron chi connectivity index (χ2n) is 6.82. The maximum atomic E-state index is 9.54. The van der Waals surface area contributed by atoms with Gasteiger partial charge in [-0.05, 0) is 55.3 Å². The number of rotatable bonds is 4. The van der Waals surface area contributed by atoms with Crippen molar-refractivity contribution in [3.63, 3.8) is 0 Å². The van der Waals surface area contributed by atoms with Crippen LogP contribution >= 0.6 is 23.2 Å². The third kappa shape index (κ3) is 3.24. The van der Waals surface area contributed by atoms with Crippen LogP contribution in [0.5, 0.6) is 11.5 Å². The minimum absolute atomic E-state index is 0.374. The van der Waals surface area contributed by atoms with Gasteiger partial charge in [0.2, 0.25) is 0 Å². The Morgan fingerprint density at radius 1 is 1.21 bits per heavy atom. The molecule has 1 N–H and O–H groups in total. The van der Waals surface area contributed by atoms with Crippen molar-refractivity contribution in [1.82, 2.24) is 14.9 Å². The van der Waals surface area contributed by atoms with Gasteiger partial charge in [-0.2, -0.15) is 5.26 Å². The molecule has 1 saturated heterocycles. The molecule has 5 nitrogen and oxygen atoms in total. The van der Waals surface area contributed by atoms with Crippen molar-refractivity contribution in [2.75, 3.05) is 6.54 Å². The lowest BCUT2D eigenvalue weighted by Crippen LogP contribution is -2.39. The largest absolute Gasteiger partial charge is 0.454 e. The summed E-state index contributed by atoms with van der Waals surface area (Å²) in [6.45, 7) is 0.907. The normalized spacial score (nSPS) is 18.8. The van der Waals surface area contributed by atoms with E-state index in [1.165, 1.54) is 0 Å². The Labute approximate surface area is 173 Å². The van der Waals surface area contributed by atoms with Gasteiger partial charge in [-0.25, -0.2) is 4.98 Å². The summed E-state index contributed by atoms with van der Waals surface area (Å²) in [5.41, 5.74) is 2.16. The van der Waals surface area contributed by atoms with Crippen LogP contribution in [0.15, 0.2) is 48.9 Å². The van der Waals surface area contributed by atoms with E-state index >= 15 is 0 Å². The molecule has 0 radical (unpaired) electrons. The van der Waals surface area contributed by atoms with E-state index in [-0.39, 0.29) is 5.54 Å². The molecule has 1 aliphatic rings. The molecule has 4 rings (SSSR count). The van der Waals surface area contributed by atoms with Gasteiger partial charge in [0.1, 0.15) is 17.6 Å². The molecule has 28 heavy (non-hydrogen) atoms. The zero-order valence-corrected chi connectivity index (χ0v) is 16.8. The monoisotopic (exact) mass is 412 g/mol. The first kappa shape index (κ1) is 18.8. The number of hydrogen-bond acceptors (Lipinski definition) is 4. The first-order valence-electron chi connectivity index (χ1n) is 8.93. The van der Waals surface area contributed by atoms with Gasteiger partial charge in [0, 0.05) is 12.1 Å². The molecule has 1 fully saturated rings. The highest BCUT2D eigenvalue weighted by molar-refractivity contribution is 6.35. The fourth-order valence-electron chi connectivity index (χ4n) is 3.77. The highest BCUT2D eigenvalue weighted by atomic mass is 35.5. The van der Waals surface area contributed by atoms with Crippen LogP contribution in [-0.4, -0.2) is 16.1 Å². The van der Waals surface area contributed by atoms with E-state index in [4.69, 9.17) is 27.9 Å². The minimum atomic E-state index is -0.374. The number of hydrogen-bond donors (Lipinski definition) is 1. The molecule has 0 aliphatic carbocycles. The Morgan fingerprint density at radius 2 is 2.07 bits per heavy atom. The average Bonchev–Trinajstić information content (AvgIpc) is 3.33. The van der Waals surface area contributed by atoms with Crippen molar-refractivity contribution in [1.29, 1.82) is 5.26 Å². The number of imidazole rings is 1. The predicted octanol–water partition coefficient (Wildman–Crippen LogP) is 5.02. The van der Waals surface area contributed by atoms with Crippen LogP contribution in [0.1, 0.15) is 29.7 Å². The average molecular weight is 413 g/mol. The van der Waals surface area contributed by atoms with Crippen molar-refractivity contribution in [2.24, 2.45) is 7.05 Å². The van der Waals surface area contributed by atoms with Crippen molar-refractivity contribution in [2.45, 2.75) is 18.4 Å². The molecule has 2 aromatic carbocycles. The van der Waals surface area contributed by atoms with E-state index in [0.29, 0.717) is 27.1 Å². The summed E-state index contributed by atoms with van der Waals surface area (Å²) in [6.07, 6.45) is 5.66. The predicted molar refractivity (Wildman–Crippen MR) is 109 cm³/mol. The van der Waals surface area contributed by atoms with Gasteiger partial charge in [0.25, 0.3) is 0 Å². The number of ether oxygens (including phenoxy) is 1. The van der Waals surface area contributed by atoms with Crippen LogP contribution < -0.4 is 10.1 Å². The van der Waals surface area contributed by atoms with Crippen molar-refractivity contribution < 1.29 is 4.74 Å². The molecule has 2 heterocycles. The Bertz CT molecular complexity index is 1060. The zero-order chi connectivity index (χ0) is 19.7. The molecular formula is C21H18Cl2N4O. The van der Waals surface area contributed by atoms with Crippen molar-refractivity contribution in [3.8, 4) is 17.6 Å². The number of halogens is 2. The Hall–Kier alpha value is -2.52. The molecule has 1 aliphatic heterocycles. The van der Waals surface area contributed by atoms with Gasteiger partial charge < -0.3 is 14.6 Å². The van der Waals surface area contributed by atoms with Gasteiger partial charge >= 0.3 is 0 Å². The van der Waals surface area contributed by atoms with Gasteiger partial charge in [0.05, 0.1) is 34.3 Å². The van der Waals surface area contributed by atoms with E-state index in [1.807, 2.05) is 29.9 Å². The summed E-state index contributed by atoms with van der Waals surface area (Å²) in [5, 5.41) is 14.1. The van der Waals surface area contributed by atoms with E-state index in [9.17, 15) is 5.26 Å². The topological polar surface area (TPSA) is 62.9 Å². The number of benzene rings is 2. The van der Waals surface area contributed by atoms with E-state index in [2.05, 4.69) is 16.4 Å². The van der Waals surface area contributed by atoms with Gasteiger partial charge in [-0.3, -0.25) is 0 Å². The summed E-state index contributed by atoms with van der Waals surface area (Å²) in [5.74, 6) is 0.910. The summed E-state index contributed by atoms with van der Waals surface area (Å²) in [6, 6.07) is 12.9. The van der Waals surface area contributed by atoms with E-state index in [0.717, 1.165) is 30.6 Å². The van der Waals surface area contributed by atoms with E-state index < -0.39 is 0 Å². The molecule has 1 atom stereocenters. The van der Waals surface area contributed by atoms with E-state index in [1.54, 1.807) is 30.6 Å². The summed E-state index contributed by atoms with van der Waals surface area (Å²) >= 11 is 12.2. The number of nitrogens with zero attached hydrogens (tertiary/aromatic N) is 3. The third-order valence-electron chi connectivity index (χ3n) is 5.12. The molecule has 3 aromatic rings. The molecule has 0 saturated carbocycles. The second-order valence-corrected chi connectivity index (χ2v) is 7.67. The lowest BCUT2D eigenvalue weighted by atomic mass is 9.84. The smallest absolute Gasteiger partial charge is 0.146 e. The maximum Gasteiger partial charge on any atom is 0.146 e. The first-order valence-corrected chi connectivity index (χ1v) is 9.68. The lowest BCUT2D eigenvalue weighted by Gasteiger charge is -2.31. The number of aromatic nitrogens is 2. The highest BCUT2D eigenvalue weighted by Gasteiger charge is 2.39. The minimum Gasteiger partial charge on any atom is -0.454 e. The van der Waals surface area contributed by atoms with Gasteiger partial charge in [-0.15, -0.1) is 0 Å². The number of nitriles is 1. The summed E-state index contributed by atoms with van der Waals surface area (Å²) < 4.78 is 8.04. The highest BCUT2D eigenvalue weighted by Crippen LogP contribution is 2.40. The Balaban J connectivity index is 1.80. The standard InChI is InChI=1S/C21H18Cl2N4O/c1-27-13-25-12-20(27)21(7-2-8-26-21)15-4-3-14(11-24)19(9-15)28-18-6-5-16(22)10-17(18)23/h3-6,9-10,12-13,26H,2,7-8H2,1H3/t21-/m0/s1. The number of nitrogens with one attached hydrogen (secondary N) is 1. The van der Waals surface area contributed by atoms with Crippen LogP contribution in [-0.2, 0) is 12.6 Å². The second kappa shape index (κ2) is 7.48. The fourth-order valence-corrected chi connectivity index (χ4v) is 4.21. The van der Waals surface area contributed by atoms with Crippen LogP contribution in [0, 0.1) is 11.3 Å². The molecule has 0 unspecified atom stereocenters. The third-order valence-corrected chi connectivity index (χ3v) is 5.65. The zero-order valence-electron chi connectivity index (χ0n) is 15.2. The van der Waals surface area contributed by atoms with Crippen LogP contribution in [0.25, 0.3) is 0 Å². The Morgan fingerprint density at radius 3 is 2.71 bits per heavy atom. The molecular weight excluding hydrogens is 395 g/mol. The van der Waals surface area contributed by atoms with Crippen LogP contribution in [0.4, 0.5) is 0 Å². The summed E-state index contributed by atoms with van der Waals surface area (Å²) in [7, 11) is 1.98. The number of aryl methyl sites for hydroxylation is 1. The molecule has 0 amide bonds. The van der Waals surface area contributed by atoms with Crippen LogP contribution in [0.2, 0.25) is 10.0 Å². The fraction of sp³-hybridized carbons (Fsp3) is 0.238. The quantitative estimate of drug-likeness (QED) is 0.653. The lowest BCUT2D eigenvalue weighted by molar-refractivity contribution is 0.438. The van der Waals surface area contributed by atoms with Gasteiger partial charge in [0.15, 0.2) is 0 Å². The maximum absolute atomic E-state index is 9.54. The molecule has 7 heteroatoms. The molecule has 142 valence electrons. The summed E-state index contributed by atoms with van der Waals surface area (Å²) in [4.78, 5) is 4.29. The molecule has 0 spiro atoms. The van der Waals surface area contributed by atoms with Crippen LogP contribution in [0.3, 0.4) is 0 Å². The first-order chi connectivity index (χ1) is 13.5. The Kier molecular flexibility index (Phi) is 5.03. The molecule has 0 bridgehead atoms. The van der Waals surface area contributed by atoms with Crippen molar-refractivity contribution in [3.05, 3.63) is 75.8 Å². The van der Waals surface area contributed by atoms with Gasteiger partial charge in [-0.1, -0.05) is 29.3 Å². The SMILES string of the molecule is Cn1cncc1[C@@]1(c2ccc(C#N)c(Oc3ccc(Cl)cc3Cl)c2)CCCN1. The molecule has 1 aromatic heterocycles.